The Bertz CT molecular complexity index is 1060. The molecule has 0 saturated heterocycles. The van der Waals surface area contributed by atoms with Gasteiger partial charge in [0.25, 0.3) is 0 Å². The molecule has 0 saturated carbocycles. The van der Waals surface area contributed by atoms with Crippen LogP contribution in [0.25, 0.3) is 22.2 Å². The lowest BCUT2D eigenvalue weighted by molar-refractivity contribution is 0.168. The third kappa shape index (κ3) is 3.12. The number of aromatic nitrogens is 1. The molecule has 0 radical (unpaired) electrons. The molecule has 0 aliphatic rings. The number of fused-ring (bicyclic) bond motifs is 1. The van der Waals surface area contributed by atoms with Gasteiger partial charge in [-0.25, -0.2) is 4.79 Å². The van der Waals surface area contributed by atoms with Crippen LogP contribution in [0.5, 0.6) is 17.2 Å². The summed E-state index contributed by atoms with van der Waals surface area (Å²) in [6.07, 6.45) is -0.750. The number of rotatable bonds is 3. The molecule has 0 bridgehead atoms. The summed E-state index contributed by atoms with van der Waals surface area (Å²) in [4.78, 5) is 27.1. The molecule has 2 aromatic carbocycles. The fourth-order valence-electron chi connectivity index (χ4n) is 2.61. The third-order valence-electron chi connectivity index (χ3n) is 3.75. The van der Waals surface area contributed by atoms with E-state index >= 15 is 0 Å². The first kappa shape index (κ1) is 17.2. The molecule has 26 heavy (non-hydrogen) atoms. The third-order valence-corrected chi connectivity index (χ3v) is 3.75. The van der Waals surface area contributed by atoms with E-state index in [1.165, 1.54) is 18.2 Å². The monoisotopic (exact) mass is 356 g/mol. The van der Waals surface area contributed by atoms with E-state index in [0.717, 1.165) is 6.07 Å². The van der Waals surface area contributed by atoms with Gasteiger partial charge in [0.2, 0.25) is 0 Å². The highest BCUT2D eigenvalue weighted by molar-refractivity contribution is 5.94. The highest BCUT2D eigenvalue weighted by Crippen LogP contribution is 2.37. The number of anilines is 1. The zero-order valence-electron chi connectivity index (χ0n) is 13.7. The van der Waals surface area contributed by atoms with Crippen LogP contribution < -0.4 is 10.7 Å². The maximum atomic E-state index is 12.4. The fraction of sp³-hybridized carbons (Fsp3) is 0.111. The lowest BCUT2D eigenvalue weighted by Gasteiger charge is -2.13. The summed E-state index contributed by atoms with van der Waals surface area (Å²) >= 11 is 0. The first-order valence-electron chi connectivity index (χ1n) is 7.76. The number of hydrogen-bond acceptors (Lipinski definition) is 6. The molecule has 0 spiro atoms. The first-order valence-corrected chi connectivity index (χ1v) is 7.76. The molecule has 1 aromatic heterocycles. The number of hydrogen-bond donors (Lipinski definition) is 5. The van der Waals surface area contributed by atoms with Crippen molar-refractivity contribution in [1.29, 1.82) is 0 Å². The predicted molar refractivity (Wildman–Crippen MR) is 95.6 cm³/mol. The Morgan fingerprint density at radius 3 is 2.58 bits per heavy atom. The number of benzene rings is 2. The van der Waals surface area contributed by atoms with Crippen molar-refractivity contribution in [1.82, 2.24) is 4.98 Å². The summed E-state index contributed by atoms with van der Waals surface area (Å²) in [6.45, 7) is 1.79. The van der Waals surface area contributed by atoms with Gasteiger partial charge in [0.05, 0.1) is 28.9 Å². The van der Waals surface area contributed by atoms with Crippen molar-refractivity contribution in [3.63, 3.8) is 0 Å². The molecule has 3 aromatic rings. The van der Waals surface area contributed by atoms with Gasteiger partial charge in [-0.15, -0.1) is 0 Å². The van der Waals surface area contributed by atoms with Crippen molar-refractivity contribution in [3.8, 4) is 28.5 Å². The number of aromatic amines is 1. The number of carbonyl (C=O) groups excluding carboxylic acids is 1. The van der Waals surface area contributed by atoms with Crippen LogP contribution in [-0.4, -0.2) is 33.0 Å². The summed E-state index contributed by atoms with van der Waals surface area (Å²) in [6, 6.07) is 8.16. The minimum absolute atomic E-state index is 0.124. The summed E-state index contributed by atoms with van der Waals surface area (Å²) in [7, 11) is 0. The van der Waals surface area contributed by atoms with Crippen LogP contribution in [0, 0.1) is 0 Å². The number of nitrogens with one attached hydrogen (secondary N) is 2. The highest BCUT2D eigenvalue weighted by Gasteiger charge is 2.16. The average molecular weight is 356 g/mol. The zero-order valence-corrected chi connectivity index (χ0v) is 13.7. The summed E-state index contributed by atoms with van der Waals surface area (Å²) in [5, 5.41) is 32.0. The summed E-state index contributed by atoms with van der Waals surface area (Å²) in [5.41, 5.74) is 0.600. The Balaban J connectivity index is 2.20. The molecule has 1 amide bonds. The maximum Gasteiger partial charge on any atom is 0.411 e. The molecular weight excluding hydrogens is 340 g/mol. The molecular formula is C18H16N2O6. The van der Waals surface area contributed by atoms with Crippen LogP contribution >= 0.6 is 0 Å². The van der Waals surface area contributed by atoms with E-state index in [9.17, 15) is 24.9 Å². The Morgan fingerprint density at radius 2 is 1.85 bits per heavy atom. The second-order valence-corrected chi connectivity index (χ2v) is 5.48. The Morgan fingerprint density at radius 1 is 1.12 bits per heavy atom. The van der Waals surface area contributed by atoms with Crippen molar-refractivity contribution in [2.75, 3.05) is 11.9 Å². The summed E-state index contributed by atoms with van der Waals surface area (Å²) < 4.78 is 4.82. The molecule has 1 heterocycles. The average Bonchev–Trinajstić information content (AvgIpc) is 2.57. The second-order valence-electron chi connectivity index (χ2n) is 5.48. The van der Waals surface area contributed by atoms with Gasteiger partial charge in [-0.3, -0.25) is 10.1 Å². The van der Waals surface area contributed by atoms with Gasteiger partial charge in [0.1, 0.15) is 5.75 Å². The topological polar surface area (TPSA) is 132 Å². The van der Waals surface area contributed by atoms with E-state index in [2.05, 4.69) is 10.3 Å². The minimum Gasteiger partial charge on any atom is -0.507 e. The van der Waals surface area contributed by atoms with E-state index in [1.54, 1.807) is 19.1 Å². The maximum absolute atomic E-state index is 12.4. The van der Waals surface area contributed by atoms with Crippen LogP contribution in [0.15, 0.2) is 41.2 Å². The molecule has 8 nitrogen and oxygen atoms in total. The van der Waals surface area contributed by atoms with Crippen molar-refractivity contribution < 1.29 is 24.9 Å². The van der Waals surface area contributed by atoms with Crippen LogP contribution in [0.1, 0.15) is 6.92 Å². The van der Waals surface area contributed by atoms with Crippen LogP contribution in [0.2, 0.25) is 0 Å². The van der Waals surface area contributed by atoms with Crippen LogP contribution in [0.4, 0.5) is 10.5 Å². The number of H-pyrrole nitrogens is 1. The number of aromatic hydroxyl groups is 3. The van der Waals surface area contributed by atoms with E-state index < -0.39 is 23.0 Å². The SMILES string of the molecule is CCOC(=O)Nc1cc(O)c(O)cc1-c1cc(=O)c2c(O)cccc2[nH]1. The van der Waals surface area contributed by atoms with Crippen molar-refractivity contribution in [3.05, 3.63) is 46.6 Å². The van der Waals surface area contributed by atoms with Crippen LogP contribution in [-0.2, 0) is 4.74 Å². The highest BCUT2D eigenvalue weighted by atomic mass is 16.5. The molecule has 0 aliphatic carbocycles. The summed E-state index contributed by atoms with van der Waals surface area (Å²) in [5.74, 6) is -1.03. The van der Waals surface area contributed by atoms with E-state index in [4.69, 9.17) is 4.74 Å². The normalized spacial score (nSPS) is 10.7. The lowest BCUT2D eigenvalue weighted by Crippen LogP contribution is -2.14. The Hall–Kier alpha value is -3.68. The molecule has 3 rings (SSSR count). The zero-order chi connectivity index (χ0) is 18.8. The number of ether oxygens (including phenoxy) is 1. The lowest BCUT2D eigenvalue weighted by atomic mass is 10.1. The van der Waals surface area contributed by atoms with Crippen molar-refractivity contribution in [2.45, 2.75) is 6.92 Å². The van der Waals surface area contributed by atoms with Crippen molar-refractivity contribution >= 4 is 22.7 Å². The molecule has 0 unspecified atom stereocenters. The number of carbonyl (C=O) groups is 1. The Kier molecular flexibility index (Phi) is 4.40. The van der Waals surface area contributed by atoms with E-state index in [1.807, 2.05) is 0 Å². The molecule has 0 fully saturated rings. The minimum atomic E-state index is -0.750. The van der Waals surface area contributed by atoms with Gasteiger partial charge in [-0.2, -0.15) is 0 Å². The van der Waals surface area contributed by atoms with E-state index in [-0.39, 0.29) is 34.7 Å². The van der Waals surface area contributed by atoms with Gasteiger partial charge < -0.3 is 25.0 Å². The van der Waals surface area contributed by atoms with Gasteiger partial charge >= 0.3 is 6.09 Å². The smallest absolute Gasteiger partial charge is 0.411 e. The second kappa shape index (κ2) is 6.67. The molecule has 134 valence electrons. The fourth-order valence-corrected chi connectivity index (χ4v) is 2.61. The number of amides is 1. The van der Waals surface area contributed by atoms with Crippen LogP contribution in [0.3, 0.4) is 0 Å². The standard InChI is InChI=1S/C18H16N2O6/c1-2-26-18(25)20-12-7-15(23)14(22)6-9(12)11-8-16(24)17-10(19-11)4-3-5-13(17)21/h3-8,21-23H,2H2,1H3,(H,19,24)(H,20,25). The molecule has 0 aliphatic heterocycles. The first-order chi connectivity index (χ1) is 12.4. The van der Waals surface area contributed by atoms with Crippen molar-refractivity contribution in [2.24, 2.45) is 0 Å². The predicted octanol–water partition coefficient (Wildman–Crippen LogP) is 2.88. The quantitative estimate of drug-likeness (QED) is 0.362. The Labute approximate surface area is 147 Å². The van der Waals surface area contributed by atoms with Gasteiger partial charge in [0, 0.05) is 17.7 Å². The number of phenolic OH excluding ortho intramolecular Hbond substituents is 3. The van der Waals surface area contributed by atoms with Gasteiger partial charge in [-0.1, -0.05) is 6.07 Å². The van der Waals surface area contributed by atoms with Gasteiger partial charge in [0.15, 0.2) is 16.9 Å². The molecule has 5 N–H and O–H groups in total. The van der Waals surface area contributed by atoms with Gasteiger partial charge in [-0.05, 0) is 25.1 Å². The van der Waals surface area contributed by atoms with E-state index in [0.29, 0.717) is 5.52 Å². The molecule has 8 heteroatoms. The molecule has 0 atom stereocenters. The largest absolute Gasteiger partial charge is 0.507 e. The number of pyridine rings is 1. The number of phenols is 3.